The second-order valence-electron chi connectivity index (χ2n) is 6.94. The first-order valence-electron chi connectivity index (χ1n) is 9.67. The third-order valence-corrected chi connectivity index (χ3v) is 4.28. The van der Waals surface area contributed by atoms with Crippen LogP contribution in [0.4, 0.5) is 34.1 Å². The van der Waals surface area contributed by atoms with Crippen molar-refractivity contribution in [3.8, 4) is 23.0 Å². The summed E-state index contributed by atoms with van der Waals surface area (Å²) in [5.74, 6) is 2.54. The van der Waals surface area contributed by atoms with E-state index in [4.69, 9.17) is 43.9 Å². The Morgan fingerprint density at radius 1 is 0.375 bits per heavy atom. The zero-order valence-electron chi connectivity index (χ0n) is 17.4. The summed E-state index contributed by atoms with van der Waals surface area (Å²) >= 11 is 0. The average molecular weight is 431 g/mol. The summed E-state index contributed by atoms with van der Waals surface area (Å²) in [6.45, 7) is 0. The van der Waals surface area contributed by atoms with E-state index < -0.39 is 0 Å². The maximum Gasteiger partial charge on any atom is 0.150 e. The van der Waals surface area contributed by atoms with Crippen LogP contribution in [0.1, 0.15) is 0 Å². The highest BCUT2D eigenvalue weighted by Gasteiger charge is 2.06. The zero-order chi connectivity index (χ0) is 23.1. The molecule has 0 aliphatic rings. The van der Waals surface area contributed by atoms with Crippen LogP contribution in [-0.2, 0) is 0 Å². The molecule has 0 spiro atoms. The molecule has 8 heteroatoms. The second-order valence-corrected chi connectivity index (χ2v) is 6.94. The summed E-state index contributed by atoms with van der Waals surface area (Å²) in [4.78, 5) is 0. The molecule has 0 fully saturated rings. The Morgan fingerprint density at radius 3 is 1.06 bits per heavy atom. The van der Waals surface area contributed by atoms with Gasteiger partial charge in [0, 0.05) is 22.7 Å². The Labute approximate surface area is 186 Å². The van der Waals surface area contributed by atoms with Crippen LogP contribution in [0.25, 0.3) is 0 Å². The Kier molecular flexibility index (Phi) is 6.77. The quantitative estimate of drug-likeness (QED) is 0.257. The first kappa shape index (κ1) is 22.0. The molecule has 8 nitrogen and oxygen atoms in total. The standard InChI is InChI=1S/C12H14N4O.C12H12N2O/c13-7-1-3-11(9(15)5-7)17-12-4-2-8(14)6-10(12)16;13-9-1-5-11(6-2-9)15-12-7-3-10(14)4-8-12/h1-6H,13-16H2;1-8H,13-14H2. The molecule has 0 unspecified atom stereocenters. The van der Waals surface area contributed by atoms with Crippen LogP contribution in [0.2, 0.25) is 0 Å². The summed E-state index contributed by atoms with van der Waals surface area (Å²) in [5, 5.41) is 0. The van der Waals surface area contributed by atoms with Crippen LogP contribution in [0, 0.1) is 0 Å². The molecule has 4 aromatic carbocycles. The van der Waals surface area contributed by atoms with Gasteiger partial charge in [-0.2, -0.15) is 0 Å². The zero-order valence-corrected chi connectivity index (χ0v) is 17.4. The summed E-state index contributed by atoms with van der Waals surface area (Å²) in [6, 6.07) is 24.6. The summed E-state index contributed by atoms with van der Waals surface area (Å²) in [6.07, 6.45) is 0. The van der Waals surface area contributed by atoms with Crippen molar-refractivity contribution in [3.05, 3.63) is 84.9 Å². The number of rotatable bonds is 4. The summed E-state index contributed by atoms with van der Waals surface area (Å²) in [7, 11) is 0. The van der Waals surface area contributed by atoms with Crippen LogP contribution < -0.4 is 43.9 Å². The van der Waals surface area contributed by atoms with Gasteiger partial charge in [-0.3, -0.25) is 0 Å². The molecular formula is C24H26N6O2. The molecular weight excluding hydrogens is 404 g/mol. The van der Waals surface area contributed by atoms with Crippen LogP contribution in [-0.4, -0.2) is 0 Å². The first-order chi connectivity index (χ1) is 15.3. The molecule has 0 saturated carbocycles. The minimum Gasteiger partial charge on any atom is -0.457 e. The Morgan fingerprint density at radius 2 is 0.719 bits per heavy atom. The predicted molar refractivity (Wildman–Crippen MR) is 132 cm³/mol. The van der Waals surface area contributed by atoms with E-state index in [9.17, 15) is 0 Å². The molecule has 164 valence electrons. The molecule has 0 aliphatic heterocycles. The Balaban J connectivity index is 0.000000182. The van der Waals surface area contributed by atoms with Crippen LogP contribution >= 0.6 is 0 Å². The lowest BCUT2D eigenvalue weighted by atomic mass is 10.2. The molecule has 4 aromatic rings. The lowest BCUT2D eigenvalue weighted by molar-refractivity contribution is 0.483. The van der Waals surface area contributed by atoms with Gasteiger partial charge in [0.15, 0.2) is 11.5 Å². The van der Waals surface area contributed by atoms with E-state index in [0.717, 1.165) is 22.9 Å². The van der Waals surface area contributed by atoms with E-state index in [1.807, 2.05) is 24.3 Å². The third-order valence-electron chi connectivity index (χ3n) is 4.28. The van der Waals surface area contributed by atoms with E-state index in [1.54, 1.807) is 60.7 Å². The van der Waals surface area contributed by atoms with E-state index >= 15 is 0 Å². The van der Waals surface area contributed by atoms with Crippen LogP contribution in [0.3, 0.4) is 0 Å². The molecule has 0 aliphatic carbocycles. The van der Waals surface area contributed by atoms with Crippen molar-refractivity contribution >= 4 is 34.1 Å². The minimum atomic E-state index is 0.459. The van der Waals surface area contributed by atoms with Crippen molar-refractivity contribution in [3.63, 3.8) is 0 Å². The number of hydrogen-bond acceptors (Lipinski definition) is 8. The average Bonchev–Trinajstić information content (AvgIpc) is 2.75. The molecule has 0 heterocycles. The monoisotopic (exact) mass is 430 g/mol. The molecule has 0 radical (unpaired) electrons. The fourth-order valence-electron chi connectivity index (χ4n) is 2.65. The smallest absolute Gasteiger partial charge is 0.150 e. The van der Waals surface area contributed by atoms with Gasteiger partial charge in [-0.05, 0) is 84.9 Å². The van der Waals surface area contributed by atoms with Crippen molar-refractivity contribution < 1.29 is 9.47 Å². The number of nitrogen functional groups attached to an aromatic ring is 6. The van der Waals surface area contributed by atoms with Crippen molar-refractivity contribution in [2.45, 2.75) is 0 Å². The molecule has 4 rings (SSSR count). The van der Waals surface area contributed by atoms with E-state index in [0.29, 0.717) is 34.2 Å². The number of anilines is 6. The van der Waals surface area contributed by atoms with Crippen LogP contribution in [0.15, 0.2) is 84.9 Å². The third kappa shape index (κ3) is 6.14. The molecule has 0 atom stereocenters. The van der Waals surface area contributed by atoms with Gasteiger partial charge in [0.1, 0.15) is 11.5 Å². The molecule has 12 N–H and O–H groups in total. The number of nitrogens with two attached hydrogens (primary N) is 6. The highest BCUT2D eigenvalue weighted by Crippen LogP contribution is 2.33. The molecule has 0 saturated heterocycles. The van der Waals surface area contributed by atoms with Crippen molar-refractivity contribution in [1.29, 1.82) is 0 Å². The Hall–Kier alpha value is -4.72. The fraction of sp³-hybridized carbons (Fsp3) is 0. The largest absolute Gasteiger partial charge is 0.457 e. The molecule has 0 aromatic heterocycles. The summed E-state index contributed by atoms with van der Waals surface area (Å²) in [5.41, 5.74) is 37.4. The lowest BCUT2D eigenvalue weighted by Gasteiger charge is -2.11. The predicted octanol–water partition coefficient (Wildman–Crippen LogP) is 4.45. The topological polar surface area (TPSA) is 175 Å². The normalized spacial score (nSPS) is 10.0. The summed E-state index contributed by atoms with van der Waals surface area (Å²) < 4.78 is 11.2. The maximum atomic E-state index is 5.78. The van der Waals surface area contributed by atoms with Crippen LogP contribution in [0.5, 0.6) is 23.0 Å². The highest BCUT2D eigenvalue weighted by atomic mass is 16.5. The van der Waals surface area contributed by atoms with Gasteiger partial charge in [-0.1, -0.05) is 0 Å². The second kappa shape index (κ2) is 9.86. The fourth-order valence-corrected chi connectivity index (χ4v) is 2.65. The number of ether oxygens (including phenoxy) is 2. The van der Waals surface area contributed by atoms with Crippen molar-refractivity contribution in [2.75, 3.05) is 34.4 Å². The van der Waals surface area contributed by atoms with Gasteiger partial charge in [0.2, 0.25) is 0 Å². The van der Waals surface area contributed by atoms with Crippen molar-refractivity contribution in [1.82, 2.24) is 0 Å². The van der Waals surface area contributed by atoms with Crippen molar-refractivity contribution in [2.24, 2.45) is 0 Å². The van der Waals surface area contributed by atoms with Gasteiger partial charge in [0.05, 0.1) is 11.4 Å². The lowest BCUT2D eigenvalue weighted by Crippen LogP contribution is -1.97. The van der Waals surface area contributed by atoms with Gasteiger partial charge in [0.25, 0.3) is 0 Å². The van der Waals surface area contributed by atoms with Gasteiger partial charge >= 0.3 is 0 Å². The van der Waals surface area contributed by atoms with E-state index in [2.05, 4.69) is 0 Å². The maximum absolute atomic E-state index is 5.78. The number of benzene rings is 4. The minimum absolute atomic E-state index is 0.459. The SMILES string of the molecule is Nc1ccc(Oc2ccc(N)cc2)cc1.Nc1ccc(Oc2ccc(N)cc2N)c(N)c1. The van der Waals surface area contributed by atoms with Gasteiger partial charge in [-0.25, -0.2) is 0 Å². The van der Waals surface area contributed by atoms with E-state index in [-0.39, 0.29) is 0 Å². The molecule has 0 amide bonds. The van der Waals surface area contributed by atoms with Gasteiger partial charge in [-0.15, -0.1) is 0 Å². The van der Waals surface area contributed by atoms with E-state index in [1.165, 1.54) is 0 Å². The Bertz CT molecular complexity index is 1090. The van der Waals surface area contributed by atoms with Gasteiger partial charge < -0.3 is 43.9 Å². The highest BCUT2D eigenvalue weighted by molar-refractivity contribution is 5.65. The molecule has 0 bridgehead atoms. The number of hydrogen-bond donors (Lipinski definition) is 6. The first-order valence-corrected chi connectivity index (χ1v) is 9.67. The molecule has 32 heavy (non-hydrogen) atoms.